The van der Waals surface area contributed by atoms with Crippen LogP contribution in [0.2, 0.25) is 0 Å². The van der Waals surface area contributed by atoms with Crippen LogP contribution in [-0.2, 0) is 0 Å². The monoisotopic (exact) mass is 233 g/mol. The summed E-state index contributed by atoms with van der Waals surface area (Å²) in [7, 11) is 0. The molecule has 2 aromatic carbocycles. The first-order valence-electron chi connectivity index (χ1n) is 4.89. The summed E-state index contributed by atoms with van der Waals surface area (Å²) in [5.41, 5.74) is 0.684. The van der Waals surface area contributed by atoms with E-state index in [0.29, 0.717) is 17.2 Å². The fraction of sp³-hybridized carbons (Fsp3) is 0. The van der Waals surface area contributed by atoms with Crippen LogP contribution in [0.15, 0.2) is 41.4 Å². The maximum absolute atomic E-state index is 11.2. The van der Waals surface area contributed by atoms with Gasteiger partial charge in [0, 0.05) is 0 Å². The van der Waals surface area contributed by atoms with Crippen LogP contribution in [0.3, 0.4) is 0 Å². The summed E-state index contributed by atoms with van der Waals surface area (Å²) in [5.74, 6) is 1.07. The van der Waals surface area contributed by atoms with E-state index >= 15 is 0 Å². The first-order valence-corrected chi connectivity index (χ1v) is 4.89. The van der Waals surface area contributed by atoms with E-state index < -0.39 is 0 Å². The van der Waals surface area contributed by atoms with Crippen LogP contribution in [0, 0.1) is 0 Å². The molecular formula is C13H8NNaO2. The predicted molar refractivity (Wildman–Crippen MR) is 58.4 cm³/mol. The first kappa shape index (κ1) is 12.2. The summed E-state index contributed by atoms with van der Waals surface area (Å²) in [6.45, 7) is 3.82. The van der Waals surface area contributed by atoms with Crippen molar-refractivity contribution < 1.29 is 39.4 Å². The second-order valence-corrected chi connectivity index (χ2v) is 3.65. The van der Waals surface area contributed by atoms with Crippen molar-refractivity contribution >= 4 is 12.3 Å². The van der Waals surface area contributed by atoms with Gasteiger partial charge in [0.2, 0.25) is 0 Å². The van der Waals surface area contributed by atoms with E-state index in [4.69, 9.17) is 4.74 Å². The quantitative estimate of drug-likeness (QED) is 0.431. The fourth-order valence-electron chi connectivity index (χ4n) is 1.65. The maximum Gasteiger partial charge on any atom is 1.00 e. The molecule has 1 aliphatic rings. The average molecular weight is 233 g/mol. The van der Waals surface area contributed by atoms with Gasteiger partial charge in [0.25, 0.3) is 0 Å². The third-order valence-corrected chi connectivity index (χ3v) is 2.42. The van der Waals surface area contributed by atoms with Crippen molar-refractivity contribution in [3.05, 3.63) is 47.0 Å². The molecule has 0 aliphatic carbocycles. The van der Waals surface area contributed by atoms with Crippen molar-refractivity contribution in [3.63, 3.8) is 0 Å². The summed E-state index contributed by atoms with van der Waals surface area (Å²) < 4.78 is 5.61. The summed E-state index contributed by atoms with van der Waals surface area (Å²) >= 11 is 0. The van der Waals surface area contributed by atoms with Crippen LogP contribution >= 0.6 is 0 Å². The van der Waals surface area contributed by atoms with Crippen LogP contribution in [0.5, 0.6) is 17.2 Å². The summed E-state index contributed by atoms with van der Waals surface area (Å²) in [6, 6.07) is 10.1. The molecule has 1 aliphatic heterocycles. The van der Waals surface area contributed by atoms with E-state index in [2.05, 4.69) is 11.6 Å². The standard InChI is InChI=1S/C13H9NO2.Na/c1-8-2-4-10-12(6-8)16-13-7-9(15)3-5-11(13)14-10;/h2-7,15H,1H2;/q;+1/p-1. The fourth-order valence-corrected chi connectivity index (χ4v) is 1.65. The first-order chi connectivity index (χ1) is 7.72. The third-order valence-electron chi connectivity index (χ3n) is 2.42. The zero-order valence-electron chi connectivity index (χ0n) is 9.43. The van der Waals surface area contributed by atoms with E-state index in [0.717, 1.165) is 10.6 Å². The molecule has 0 unspecified atom stereocenters. The molecule has 0 bridgehead atoms. The smallest absolute Gasteiger partial charge is 0.872 e. The Morgan fingerprint density at radius 2 is 1.88 bits per heavy atom. The number of hydrogen-bond acceptors (Lipinski definition) is 3. The van der Waals surface area contributed by atoms with Crippen LogP contribution < -0.4 is 50.0 Å². The topological polar surface area (TPSA) is 44.6 Å². The summed E-state index contributed by atoms with van der Waals surface area (Å²) in [4.78, 5) is 4.40. The van der Waals surface area contributed by atoms with Crippen molar-refractivity contribution in [2.24, 2.45) is 4.99 Å². The van der Waals surface area contributed by atoms with Gasteiger partial charge < -0.3 is 9.84 Å². The summed E-state index contributed by atoms with van der Waals surface area (Å²) in [5, 5.41) is 12.8. The van der Waals surface area contributed by atoms with Crippen molar-refractivity contribution in [1.29, 1.82) is 0 Å². The van der Waals surface area contributed by atoms with Gasteiger partial charge in [0.1, 0.15) is 11.0 Å². The van der Waals surface area contributed by atoms with Crippen LogP contribution in [-0.4, -0.2) is 0 Å². The van der Waals surface area contributed by atoms with Crippen molar-refractivity contribution in [2.45, 2.75) is 0 Å². The second kappa shape index (κ2) is 4.53. The molecule has 2 aromatic rings. The molecule has 0 radical (unpaired) electrons. The molecule has 17 heavy (non-hydrogen) atoms. The molecule has 0 amide bonds. The van der Waals surface area contributed by atoms with E-state index in [1.54, 1.807) is 12.1 Å². The Kier molecular flexibility index (Phi) is 3.24. The number of hydrogen-bond donors (Lipinski definition) is 0. The van der Waals surface area contributed by atoms with Crippen LogP contribution in [0.4, 0.5) is 5.69 Å². The Hall–Kier alpha value is -1.29. The van der Waals surface area contributed by atoms with E-state index in [1.165, 1.54) is 12.1 Å². The molecule has 0 atom stereocenters. The molecule has 0 aromatic heterocycles. The second-order valence-electron chi connectivity index (χ2n) is 3.65. The number of benzene rings is 2. The van der Waals surface area contributed by atoms with Crippen LogP contribution in [0.25, 0.3) is 6.58 Å². The van der Waals surface area contributed by atoms with Gasteiger partial charge in [-0.25, -0.2) is 4.99 Å². The van der Waals surface area contributed by atoms with Crippen LogP contribution in [0.1, 0.15) is 0 Å². The van der Waals surface area contributed by atoms with Gasteiger partial charge in [-0.3, -0.25) is 0 Å². The molecule has 0 saturated heterocycles. The molecule has 0 fully saturated rings. The predicted octanol–water partition coefficient (Wildman–Crippen LogP) is -1.77. The van der Waals surface area contributed by atoms with Gasteiger partial charge >= 0.3 is 29.6 Å². The Labute approximate surface area is 120 Å². The Morgan fingerprint density at radius 1 is 1.06 bits per heavy atom. The molecule has 78 valence electrons. The molecule has 1 heterocycles. The Balaban J connectivity index is 0.00000108. The molecule has 0 saturated carbocycles. The molecule has 3 nitrogen and oxygen atoms in total. The third kappa shape index (κ3) is 2.22. The minimum Gasteiger partial charge on any atom is -0.872 e. The van der Waals surface area contributed by atoms with Gasteiger partial charge in [-0.2, -0.15) is 0 Å². The van der Waals surface area contributed by atoms with Gasteiger partial charge in [0.05, 0.1) is 0 Å². The average Bonchev–Trinajstić information content (AvgIpc) is 2.26. The zero-order chi connectivity index (χ0) is 11.1. The molecule has 0 N–H and O–H groups in total. The van der Waals surface area contributed by atoms with Crippen molar-refractivity contribution in [3.8, 4) is 17.2 Å². The number of fused-ring (bicyclic) bond motifs is 2. The van der Waals surface area contributed by atoms with E-state index in [-0.39, 0.29) is 35.3 Å². The Bertz CT molecular complexity index is 682. The number of rotatable bonds is 0. The maximum atomic E-state index is 11.2. The van der Waals surface area contributed by atoms with Crippen molar-refractivity contribution in [1.82, 2.24) is 0 Å². The van der Waals surface area contributed by atoms with Gasteiger partial charge in [-0.15, -0.1) is 5.75 Å². The summed E-state index contributed by atoms with van der Waals surface area (Å²) in [6.07, 6.45) is 0. The molecular weight excluding hydrogens is 225 g/mol. The van der Waals surface area contributed by atoms with Gasteiger partial charge in [0.15, 0.2) is 11.5 Å². The number of nitrogens with zero attached hydrogens (tertiary/aromatic N) is 1. The van der Waals surface area contributed by atoms with E-state index in [1.807, 2.05) is 12.1 Å². The molecule has 3 rings (SSSR count). The van der Waals surface area contributed by atoms with Gasteiger partial charge in [-0.05, 0) is 29.5 Å². The minimum atomic E-state index is -0.0804. The van der Waals surface area contributed by atoms with E-state index in [9.17, 15) is 5.11 Å². The normalized spacial score (nSPS) is 11.3. The zero-order valence-corrected chi connectivity index (χ0v) is 11.4. The Morgan fingerprint density at radius 3 is 2.71 bits per heavy atom. The SMILES string of the molecule is C=c1ccc2c(c1)Oc1cc([O-])ccc1N=2.[Na+]. The minimum absolute atomic E-state index is 0. The van der Waals surface area contributed by atoms with Crippen molar-refractivity contribution in [2.75, 3.05) is 0 Å². The molecule has 0 spiro atoms. The molecule has 4 heteroatoms. The number of ether oxygens (including phenoxy) is 1. The largest absolute Gasteiger partial charge is 1.00 e. The van der Waals surface area contributed by atoms with Gasteiger partial charge in [-0.1, -0.05) is 18.7 Å².